The van der Waals surface area contributed by atoms with Gasteiger partial charge in [0.25, 0.3) is 0 Å². The standard InChI is InChI=1S/C12H11ClFN3OS/c1-2-7-18-11-15-10(13)16-12(17-11)19-9-5-3-8(14)4-6-9/h3-6H,2,7H2,1H3. The number of rotatable bonds is 5. The average molecular weight is 300 g/mol. The summed E-state index contributed by atoms with van der Waals surface area (Å²) in [6.45, 7) is 2.50. The Balaban J connectivity index is 2.15. The van der Waals surface area contributed by atoms with Gasteiger partial charge in [0.05, 0.1) is 6.61 Å². The normalized spacial score (nSPS) is 10.5. The summed E-state index contributed by atoms with van der Waals surface area (Å²) in [5.74, 6) is -0.287. The van der Waals surface area contributed by atoms with Crippen LogP contribution in [-0.2, 0) is 0 Å². The summed E-state index contributed by atoms with van der Waals surface area (Å²) in [5.41, 5.74) is 0. The van der Waals surface area contributed by atoms with Crippen LogP contribution in [-0.4, -0.2) is 21.6 Å². The number of nitrogens with zero attached hydrogens (tertiary/aromatic N) is 3. The largest absolute Gasteiger partial charge is 0.463 e. The van der Waals surface area contributed by atoms with Gasteiger partial charge in [0.15, 0.2) is 5.16 Å². The Morgan fingerprint density at radius 3 is 2.63 bits per heavy atom. The maximum atomic E-state index is 12.8. The van der Waals surface area contributed by atoms with Gasteiger partial charge in [0.2, 0.25) is 5.28 Å². The van der Waals surface area contributed by atoms with E-state index in [1.54, 1.807) is 12.1 Å². The van der Waals surface area contributed by atoms with Crippen molar-refractivity contribution in [2.24, 2.45) is 0 Å². The van der Waals surface area contributed by atoms with Crippen LogP contribution in [0.15, 0.2) is 34.3 Å². The van der Waals surface area contributed by atoms with E-state index >= 15 is 0 Å². The molecule has 0 N–H and O–H groups in total. The Labute approximate surface area is 119 Å². The Kier molecular flexibility index (Phi) is 4.93. The molecule has 0 bridgehead atoms. The van der Waals surface area contributed by atoms with Crippen LogP contribution in [0.25, 0.3) is 0 Å². The first-order chi connectivity index (χ1) is 9.17. The van der Waals surface area contributed by atoms with E-state index in [9.17, 15) is 4.39 Å². The minimum absolute atomic E-state index is 0.0747. The average Bonchev–Trinajstić information content (AvgIpc) is 2.38. The van der Waals surface area contributed by atoms with E-state index in [1.165, 1.54) is 23.9 Å². The molecule has 100 valence electrons. The molecule has 0 fully saturated rings. The molecule has 0 spiro atoms. The van der Waals surface area contributed by atoms with Gasteiger partial charge in [-0.2, -0.15) is 15.0 Å². The maximum absolute atomic E-state index is 12.8. The van der Waals surface area contributed by atoms with Crippen molar-refractivity contribution in [3.63, 3.8) is 0 Å². The minimum atomic E-state index is -0.287. The van der Waals surface area contributed by atoms with Crippen LogP contribution in [0.2, 0.25) is 5.28 Å². The zero-order valence-electron chi connectivity index (χ0n) is 10.1. The third-order valence-electron chi connectivity index (χ3n) is 2.03. The third-order valence-corrected chi connectivity index (χ3v) is 3.07. The van der Waals surface area contributed by atoms with Crippen molar-refractivity contribution in [2.45, 2.75) is 23.4 Å². The van der Waals surface area contributed by atoms with Crippen LogP contribution in [0.3, 0.4) is 0 Å². The number of benzene rings is 1. The lowest BCUT2D eigenvalue weighted by molar-refractivity contribution is 0.288. The number of aromatic nitrogens is 3. The Hall–Kier alpha value is -1.40. The second kappa shape index (κ2) is 6.68. The fourth-order valence-corrected chi connectivity index (χ4v) is 2.17. The fraction of sp³-hybridized carbons (Fsp3) is 0.250. The van der Waals surface area contributed by atoms with E-state index < -0.39 is 0 Å². The summed E-state index contributed by atoms with van der Waals surface area (Å²) in [5, 5.41) is 0.489. The van der Waals surface area contributed by atoms with E-state index in [0.717, 1.165) is 11.3 Å². The molecule has 1 heterocycles. The van der Waals surface area contributed by atoms with Crippen LogP contribution in [0.5, 0.6) is 6.01 Å². The predicted molar refractivity (Wildman–Crippen MR) is 71.1 cm³/mol. The molecular weight excluding hydrogens is 289 g/mol. The molecule has 0 aliphatic rings. The van der Waals surface area contributed by atoms with Crippen LogP contribution in [0.4, 0.5) is 4.39 Å². The summed E-state index contributed by atoms with van der Waals surface area (Å²) < 4.78 is 18.1. The smallest absolute Gasteiger partial charge is 0.321 e. The Morgan fingerprint density at radius 2 is 1.95 bits per heavy atom. The van der Waals surface area contributed by atoms with Crippen molar-refractivity contribution in [3.8, 4) is 6.01 Å². The van der Waals surface area contributed by atoms with Crippen LogP contribution in [0.1, 0.15) is 13.3 Å². The molecule has 19 heavy (non-hydrogen) atoms. The van der Waals surface area contributed by atoms with Gasteiger partial charge in [-0.15, -0.1) is 0 Å². The predicted octanol–water partition coefficient (Wildman–Crippen LogP) is 3.60. The molecule has 1 aromatic carbocycles. The highest BCUT2D eigenvalue weighted by molar-refractivity contribution is 7.99. The van der Waals surface area contributed by atoms with Gasteiger partial charge in [0, 0.05) is 4.90 Å². The minimum Gasteiger partial charge on any atom is -0.463 e. The van der Waals surface area contributed by atoms with Crippen molar-refractivity contribution in [1.29, 1.82) is 0 Å². The first kappa shape index (κ1) is 14.0. The Morgan fingerprint density at radius 1 is 1.21 bits per heavy atom. The molecule has 0 atom stereocenters. The van der Waals surface area contributed by atoms with Crippen LogP contribution in [0, 0.1) is 5.82 Å². The molecule has 0 aliphatic heterocycles. The zero-order valence-corrected chi connectivity index (χ0v) is 11.7. The van der Waals surface area contributed by atoms with Gasteiger partial charge in [0.1, 0.15) is 5.82 Å². The van der Waals surface area contributed by atoms with Gasteiger partial charge in [-0.1, -0.05) is 6.92 Å². The van der Waals surface area contributed by atoms with Crippen molar-refractivity contribution < 1.29 is 9.13 Å². The van der Waals surface area contributed by atoms with E-state index in [1.807, 2.05) is 6.92 Å². The topological polar surface area (TPSA) is 47.9 Å². The second-order valence-electron chi connectivity index (χ2n) is 3.57. The lowest BCUT2D eigenvalue weighted by Gasteiger charge is -2.04. The van der Waals surface area contributed by atoms with E-state index in [4.69, 9.17) is 16.3 Å². The maximum Gasteiger partial charge on any atom is 0.321 e. The van der Waals surface area contributed by atoms with Gasteiger partial charge < -0.3 is 4.74 Å². The molecule has 0 unspecified atom stereocenters. The molecule has 0 aliphatic carbocycles. The molecule has 4 nitrogen and oxygen atoms in total. The van der Waals surface area contributed by atoms with Gasteiger partial charge in [-0.3, -0.25) is 0 Å². The fourth-order valence-electron chi connectivity index (χ4n) is 1.23. The molecule has 0 radical (unpaired) electrons. The first-order valence-corrected chi connectivity index (χ1v) is 6.84. The number of hydrogen-bond acceptors (Lipinski definition) is 5. The summed E-state index contributed by atoms with van der Waals surface area (Å²) >= 11 is 7.07. The van der Waals surface area contributed by atoms with Gasteiger partial charge >= 0.3 is 6.01 Å². The lowest BCUT2D eigenvalue weighted by atomic mass is 10.4. The van der Waals surface area contributed by atoms with Crippen molar-refractivity contribution in [3.05, 3.63) is 35.4 Å². The Bertz CT molecular complexity index is 553. The molecule has 0 saturated carbocycles. The van der Waals surface area contributed by atoms with E-state index in [2.05, 4.69) is 15.0 Å². The third kappa shape index (κ3) is 4.33. The summed E-state index contributed by atoms with van der Waals surface area (Å²) in [6.07, 6.45) is 0.851. The van der Waals surface area contributed by atoms with Crippen molar-refractivity contribution in [2.75, 3.05) is 6.61 Å². The highest BCUT2D eigenvalue weighted by Gasteiger charge is 2.07. The summed E-state index contributed by atoms with van der Waals surface area (Å²) in [4.78, 5) is 12.8. The van der Waals surface area contributed by atoms with E-state index in [0.29, 0.717) is 11.8 Å². The zero-order chi connectivity index (χ0) is 13.7. The SMILES string of the molecule is CCCOc1nc(Cl)nc(Sc2ccc(F)cc2)n1. The van der Waals surface area contributed by atoms with E-state index in [-0.39, 0.29) is 17.1 Å². The second-order valence-corrected chi connectivity index (χ2v) is 4.95. The number of hydrogen-bond donors (Lipinski definition) is 0. The molecular formula is C12H11ClFN3OS. The molecule has 7 heteroatoms. The highest BCUT2D eigenvalue weighted by Crippen LogP contribution is 2.26. The number of ether oxygens (including phenoxy) is 1. The summed E-state index contributed by atoms with van der Waals surface area (Å²) in [7, 11) is 0. The quantitative estimate of drug-likeness (QED) is 0.844. The monoisotopic (exact) mass is 299 g/mol. The van der Waals surface area contributed by atoms with Gasteiger partial charge in [-0.25, -0.2) is 4.39 Å². The molecule has 2 aromatic rings. The lowest BCUT2D eigenvalue weighted by Crippen LogP contribution is -2.02. The van der Waals surface area contributed by atoms with Gasteiger partial charge in [-0.05, 0) is 54.0 Å². The molecule has 2 rings (SSSR count). The highest BCUT2D eigenvalue weighted by atomic mass is 35.5. The van der Waals surface area contributed by atoms with Crippen molar-refractivity contribution >= 4 is 23.4 Å². The van der Waals surface area contributed by atoms with Crippen molar-refractivity contribution in [1.82, 2.24) is 15.0 Å². The number of halogens is 2. The molecule has 0 amide bonds. The summed E-state index contributed by atoms with van der Waals surface area (Å²) in [6, 6.07) is 6.24. The molecule has 0 saturated heterocycles. The van der Waals surface area contributed by atoms with Crippen LogP contribution >= 0.6 is 23.4 Å². The van der Waals surface area contributed by atoms with Crippen LogP contribution < -0.4 is 4.74 Å². The first-order valence-electron chi connectivity index (χ1n) is 5.65. The molecule has 1 aromatic heterocycles.